The minimum Gasteiger partial charge on any atom is -0.397 e. The maximum absolute atomic E-state index is 14.2. The first-order valence-electron chi connectivity index (χ1n) is 18.4. The zero-order valence-electron chi connectivity index (χ0n) is 30.3. The number of fused-ring (bicyclic) bond motifs is 1. The van der Waals surface area contributed by atoms with Gasteiger partial charge in [0.2, 0.25) is 11.8 Å². The monoisotopic (exact) mass is 752 g/mol. The second kappa shape index (κ2) is 16.4. The number of carbonyl (C=O) groups is 3. The number of amides is 4. The third-order valence-electron chi connectivity index (χ3n) is 10.9. The van der Waals surface area contributed by atoms with E-state index in [9.17, 15) is 27.6 Å². The van der Waals surface area contributed by atoms with E-state index in [0.717, 1.165) is 43.1 Å². The summed E-state index contributed by atoms with van der Waals surface area (Å²) < 4.78 is 41.6. The minimum absolute atomic E-state index is 0.0472. The van der Waals surface area contributed by atoms with Crippen LogP contribution in [0.25, 0.3) is 0 Å². The number of hydrogen-bond acceptors (Lipinski definition) is 5. The van der Waals surface area contributed by atoms with Gasteiger partial charge >= 0.3 is 12.2 Å². The third-order valence-corrected chi connectivity index (χ3v) is 11.2. The fourth-order valence-corrected chi connectivity index (χ4v) is 8.26. The number of nitrogens with two attached hydrogens (primary N) is 1. The molecule has 0 unspecified atom stereocenters. The molecule has 53 heavy (non-hydrogen) atoms. The Bertz CT molecular complexity index is 1790. The molecule has 3 aliphatic heterocycles. The number of alkyl halides is 3. The fraction of sp³-hybridized carbons (Fsp3) is 0.475. The van der Waals surface area contributed by atoms with Crippen molar-refractivity contribution in [3.63, 3.8) is 0 Å². The topological polar surface area (TPSA) is 102 Å². The molecule has 2 saturated heterocycles. The van der Waals surface area contributed by atoms with Crippen LogP contribution in [0.15, 0.2) is 60.7 Å². The lowest BCUT2D eigenvalue weighted by molar-refractivity contribution is -0.142. The Balaban J connectivity index is 1.13. The number of hydrogen-bond donors (Lipinski definition) is 2. The standard InChI is InChI=1S/C40H48ClF3N6O3/c1-47(2)25-26-7-9-28(10-8-26)29-11-16-49(17-12-29)38(52)31(21-27-22-33(40(42,43)44)37(45)34(41)23-27)24-36(51)48-18-14-32(15-19-48)50-20-13-30-5-3-4-6-35(30)46-39(50)53/h3-10,22-23,29,31-32H,11-21,24-25,45H2,1-2H3,(H,46,53)/t31-/m0/s1. The van der Waals surface area contributed by atoms with Gasteiger partial charge in [-0.3, -0.25) is 9.59 Å². The van der Waals surface area contributed by atoms with Crippen molar-refractivity contribution < 1.29 is 27.6 Å². The van der Waals surface area contributed by atoms with Gasteiger partial charge in [0.15, 0.2) is 0 Å². The summed E-state index contributed by atoms with van der Waals surface area (Å²) in [6, 6.07) is 18.4. The van der Waals surface area contributed by atoms with Crippen LogP contribution in [0.5, 0.6) is 0 Å². The zero-order valence-corrected chi connectivity index (χ0v) is 31.1. The maximum Gasteiger partial charge on any atom is 0.418 e. The molecule has 0 aliphatic carbocycles. The van der Waals surface area contributed by atoms with Gasteiger partial charge in [-0.2, -0.15) is 13.2 Å². The number of urea groups is 1. The number of benzene rings is 3. The first-order chi connectivity index (χ1) is 25.3. The number of nitrogens with one attached hydrogen (secondary N) is 1. The Morgan fingerprint density at radius 1 is 0.925 bits per heavy atom. The Kier molecular flexibility index (Phi) is 11.9. The lowest BCUT2D eigenvalue weighted by Crippen LogP contribution is -2.50. The van der Waals surface area contributed by atoms with Crippen molar-refractivity contribution in [3.8, 4) is 0 Å². The number of para-hydroxylation sites is 1. The smallest absolute Gasteiger partial charge is 0.397 e. The van der Waals surface area contributed by atoms with Crippen LogP contribution in [0.4, 0.5) is 29.3 Å². The summed E-state index contributed by atoms with van der Waals surface area (Å²) in [4.78, 5) is 48.6. The van der Waals surface area contributed by atoms with E-state index in [1.54, 1.807) is 9.80 Å². The highest BCUT2D eigenvalue weighted by Crippen LogP contribution is 2.39. The lowest BCUT2D eigenvalue weighted by Gasteiger charge is -2.39. The summed E-state index contributed by atoms with van der Waals surface area (Å²) in [6.45, 7) is 3.20. The summed E-state index contributed by atoms with van der Waals surface area (Å²) in [5.41, 5.74) is 8.60. The molecule has 4 amide bonds. The van der Waals surface area contributed by atoms with Gasteiger partial charge in [-0.1, -0.05) is 54.1 Å². The Morgan fingerprint density at radius 2 is 1.58 bits per heavy atom. The van der Waals surface area contributed by atoms with Crippen LogP contribution in [-0.4, -0.2) is 90.3 Å². The van der Waals surface area contributed by atoms with Crippen molar-refractivity contribution >= 4 is 40.8 Å². The van der Waals surface area contributed by atoms with Crippen LogP contribution in [0, 0.1) is 5.92 Å². The normalized spacial score (nSPS) is 18.1. The van der Waals surface area contributed by atoms with E-state index in [4.69, 9.17) is 17.3 Å². The Hall–Kier alpha value is -4.29. The molecule has 3 heterocycles. The van der Waals surface area contributed by atoms with Crippen LogP contribution >= 0.6 is 11.6 Å². The number of halogens is 4. The number of nitrogen functional groups attached to an aromatic ring is 1. The van der Waals surface area contributed by atoms with Gasteiger partial charge in [-0.15, -0.1) is 0 Å². The number of anilines is 2. The molecule has 2 fully saturated rings. The van der Waals surface area contributed by atoms with E-state index in [1.165, 1.54) is 17.2 Å². The SMILES string of the molecule is CN(C)Cc1ccc(C2CCN(C(=O)[C@H](CC(=O)N3CCC(N4CCc5ccccc5NC4=O)CC3)Cc3cc(Cl)c(N)c(C(F)(F)F)c3)CC2)cc1. The molecule has 1 atom stereocenters. The minimum atomic E-state index is -4.73. The van der Waals surface area contributed by atoms with Gasteiger partial charge in [-0.05, 0) is 99.0 Å². The van der Waals surface area contributed by atoms with Crippen LogP contribution < -0.4 is 11.1 Å². The molecule has 0 spiro atoms. The van der Waals surface area contributed by atoms with Gasteiger partial charge in [0, 0.05) is 57.4 Å². The summed E-state index contributed by atoms with van der Waals surface area (Å²) >= 11 is 6.17. The van der Waals surface area contributed by atoms with E-state index in [2.05, 4.69) is 34.5 Å². The molecule has 284 valence electrons. The summed E-state index contributed by atoms with van der Waals surface area (Å²) in [6.07, 6.45) is -1.60. The molecule has 3 N–H and O–H groups in total. The summed E-state index contributed by atoms with van der Waals surface area (Å²) in [5, 5.41) is 2.77. The molecule has 0 saturated carbocycles. The number of piperidine rings is 2. The number of rotatable bonds is 9. The number of likely N-dealkylation sites (tertiary alicyclic amines) is 2. The predicted octanol–water partition coefficient (Wildman–Crippen LogP) is 7.04. The average Bonchev–Trinajstić information content (AvgIpc) is 3.30. The third kappa shape index (κ3) is 9.27. The van der Waals surface area contributed by atoms with Gasteiger partial charge < -0.3 is 30.7 Å². The molecule has 0 bridgehead atoms. The van der Waals surface area contributed by atoms with Crippen LogP contribution in [-0.2, 0) is 35.2 Å². The van der Waals surface area contributed by atoms with Gasteiger partial charge in [-0.25, -0.2) is 4.79 Å². The largest absolute Gasteiger partial charge is 0.418 e. The van der Waals surface area contributed by atoms with Crippen molar-refractivity contribution in [1.82, 2.24) is 19.6 Å². The summed E-state index contributed by atoms with van der Waals surface area (Å²) in [7, 11) is 4.05. The van der Waals surface area contributed by atoms with Crippen molar-refractivity contribution in [1.29, 1.82) is 0 Å². The predicted molar refractivity (Wildman–Crippen MR) is 201 cm³/mol. The van der Waals surface area contributed by atoms with Gasteiger partial charge in [0.05, 0.1) is 22.2 Å². The molecule has 0 aromatic heterocycles. The molecule has 9 nitrogen and oxygen atoms in total. The first kappa shape index (κ1) is 38.4. The molecule has 6 rings (SSSR count). The molecular formula is C40H48ClF3N6O3. The van der Waals surface area contributed by atoms with E-state index in [-0.39, 0.29) is 53.2 Å². The van der Waals surface area contributed by atoms with E-state index >= 15 is 0 Å². The van der Waals surface area contributed by atoms with Crippen molar-refractivity contribution in [2.75, 3.05) is 57.9 Å². The van der Waals surface area contributed by atoms with Crippen LogP contribution in [0.1, 0.15) is 65.8 Å². The van der Waals surface area contributed by atoms with Crippen molar-refractivity contribution in [2.45, 2.75) is 69.6 Å². The quantitative estimate of drug-likeness (QED) is 0.229. The molecule has 13 heteroatoms. The molecular weight excluding hydrogens is 705 g/mol. The highest BCUT2D eigenvalue weighted by Gasteiger charge is 2.37. The van der Waals surface area contributed by atoms with E-state index in [0.29, 0.717) is 45.6 Å². The van der Waals surface area contributed by atoms with Gasteiger partial charge in [0.25, 0.3) is 0 Å². The highest BCUT2D eigenvalue weighted by molar-refractivity contribution is 6.33. The zero-order chi connectivity index (χ0) is 37.9. The van der Waals surface area contributed by atoms with Crippen LogP contribution in [0.2, 0.25) is 5.02 Å². The second-order valence-electron chi connectivity index (χ2n) is 14.9. The Labute approximate surface area is 314 Å². The number of nitrogens with zero attached hydrogens (tertiary/aromatic N) is 4. The fourth-order valence-electron chi connectivity index (χ4n) is 8.01. The lowest BCUT2D eigenvalue weighted by atomic mass is 9.87. The van der Waals surface area contributed by atoms with Crippen LogP contribution in [0.3, 0.4) is 0 Å². The number of carbonyl (C=O) groups excluding carboxylic acids is 3. The second-order valence-corrected chi connectivity index (χ2v) is 15.3. The van der Waals surface area contributed by atoms with Crippen molar-refractivity contribution in [3.05, 3.63) is 93.5 Å². The molecule has 3 aromatic rings. The Morgan fingerprint density at radius 3 is 2.25 bits per heavy atom. The maximum atomic E-state index is 14.2. The van der Waals surface area contributed by atoms with Crippen molar-refractivity contribution in [2.24, 2.45) is 5.92 Å². The van der Waals surface area contributed by atoms with E-state index < -0.39 is 23.3 Å². The van der Waals surface area contributed by atoms with E-state index in [1.807, 2.05) is 43.3 Å². The molecule has 0 radical (unpaired) electrons. The first-order valence-corrected chi connectivity index (χ1v) is 18.8. The highest BCUT2D eigenvalue weighted by atomic mass is 35.5. The molecule has 3 aromatic carbocycles. The summed E-state index contributed by atoms with van der Waals surface area (Å²) in [5.74, 6) is -1.10. The average molecular weight is 753 g/mol. The van der Waals surface area contributed by atoms with Gasteiger partial charge in [0.1, 0.15) is 0 Å². The molecule has 3 aliphatic rings.